The molecule has 2 amide bonds. The van der Waals surface area contributed by atoms with E-state index in [9.17, 15) is 9.59 Å². The second-order valence-electron chi connectivity index (χ2n) is 7.53. The normalized spacial score (nSPS) is 17.8. The quantitative estimate of drug-likeness (QED) is 0.830. The summed E-state index contributed by atoms with van der Waals surface area (Å²) in [6.45, 7) is 9.56. The third-order valence-electron chi connectivity index (χ3n) is 4.38. The molecule has 140 valence electrons. The molecule has 0 radical (unpaired) electrons. The van der Waals surface area contributed by atoms with Gasteiger partial charge in [0.05, 0.1) is 27.5 Å². The topological polar surface area (TPSA) is 113 Å². The number of halogens is 1. The molecule has 7 nitrogen and oxygen atoms in total. The molecule has 0 bridgehead atoms. The Morgan fingerprint density at radius 3 is 2.35 bits per heavy atom. The number of aromatic nitrogens is 2. The van der Waals surface area contributed by atoms with Crippen molar-refractivity contribution in [2.75, 3.05) is 0 Å². The molecule has 3 heterocycles. The number of carbonyl (C=O) groups excluding carboxylic acids is 2. The van der Waals surface area contributed by atoms with Crippen molar-refractivity contribution < 1.29 is 14.3 Å². The predicted octanol–water partition coefficient (Wildman–Crippen LogP) is 2.68. The number of carbonyl (C=O) groups is 2. The highest BCUT2D eigenvalue weighted by Crippen LogP contribution is 2.47. The zero-order valence-corrected chi connectivity index (χ0v) is 16.8. The van der Waals surface area contributed by atoms with E-state index in [0.717, 1.165) is 10.4 Å². The third-order valence-corrected chi connectivity index (χ3v) is 6.35. The first-order valence-electron chi connectivity index (χ1n) is 8.07. The van der Waals surface area contributed by atoms with E-state index in [1.165, 1.54) is 16.0 Å². The van der Waals surface area contributed by atoms with Gasteiger partial charge in [-0.15, -0.1) is 11.3 Å². The Morgan fingerprint density at radius 1 is 1.23 bits per heavy atom. The van der Waals surface area contributed by atoms with Crippen LogP contribution in [0.1, 0.15) is 64.7 Å². The van der Waals surface area contributed by atoms with E-state index in [1.807, 2.05) is 27.7 Å². The Balaban J connectivity index is 2.32. The molecule has 0 aliphatic carbocycles. The van der Waals surface area contributed by atoms with Crippen molar-refractivity contribution in [2.45, 2.75) is 52.2 Å². The van der Waals surface area contributed by atoms with E-state index in [-0.39, 0.29) is 10.7 Å². The molecule has 2 aromatic rings. The van der Waals surface area contributed by atoms with Crippen molar-refractivity contribution >= 4 is 34.8 Å². The van der Waals surface area contributed by atoms with Gasteiger partial charge in [-0.2, -0.15) is 5.10 Å². The van der Waals surface area contributed by atoms with E-state index in [0.29, 0.717) is 22.7 Å². The fraction of sp³-hybridized carbons (Fsp3) is 0.471. The van der Waals surface area contributed by atoms with Gasteiger partial charge in [-0.05, 0) is 40.2 Å². The van der Waals surface area contributed by atoms with E-state index in [2.05, 4.69) is 5.10 Å². The SMILES string of the molecule is Cc1c(Cl)c(C(N)=O)nn1-c1sc2c(c1C(N)=O)CC(C)(C)OC2(C)C. The van der Waals surface area contributed by atoms with E-state index >= 15 is 0 Å². The Morgan fingerprint density at radius 2 is 1.85 bits per heavy atom. The predicted molar refractivity (Wildman–Crippen MR) is 100 cm³/mol. The number of amides is 2. The second-order valence-corrected chi connectivity index (χ2v) is 8.90. The van der Waals surface area contributed by atoms with Gasteiger partial charge in [-0.1, -0.05) is 11.6 Å². The molecule has 2 aromatic heterocycles. The Labute approximate surface area is 160 Å². The van der Waals surface area contributed by atoms with E-state index < -0.39 is 23.0 Å². The van der Waals surface area contributed by atoms with Gasteiger partial charge in [-0.3, -0.25) is 9.59 Å². The zero-order chi connectivity index (χ0) is 19.6. The van der Waals surface area contributed by atoms with Crippen LogP contribution in [-0.4, -0.2) is 27.2 Å². The number of nitrogens with zero attached hydrogens (tertiary/aromatic N) is 2. The van der Waals surface area contributed by atoms with Crippen LogP contribution in [0.5, 0.6) is 0 Å². The minimum Gasteiger partial charge on any atom is -0.365 e. The highest BCUT2D eigenvalue weighted by molar-refractivity contribution is 7.15. The number of ether oxygens (including phenoxy) is 1. The van der Waals surface area contributed by atoms with Crippen LogP contribution in [0.3, 0.4) is 0 Å². The number of thiophene rings is 1. The van der Waals surface area contributed by atoms with Crippen LogP contribution in [-0.2, 0) is 16.8 Å². The average molecular weight is 397 g/mol. The van der Waals surface area contributed by atoms with Crippen LogP contribution in [0, 0.1) is 6.92 Å². The van der Waals surface area contributed by atoms with Gasteiger partial charge in [0, 0.05) is 11.3 Å². The third kappa shape index (κ3) is 2.82. The molecule has 0 fully saturated rings. The van der Waals surface area contributed by atoms with Gasteiger partial charge in [0.2, 0.25) is 0 Å². The molecule has 1 aliphatic heterocycles. The van der Waals surface area contributed by atoms with Crippen LogP contribution in [0.25, 0.3) is 5.00 Å². The molecular weight excluding hydrogens is 376 g/mol. The minimum absolute atomic E-state index is 0.0400. The van der Waals surface area contributed by atoms with Crippen LogP contribution in [0.15, 0.2) is 0 Å². The highest BCUT2D eigenvalue weighted by Gasteiger charge is 2.43. The molecule has 3 rings (SSSR count). The molecule has 0 atom stereocenters. The lowest BCUT2D eigenvalue weighted by molar-refractivity contribution is -0.135. The van der Waals surface area contributed by atoms with Gasteiger partial charge in [0.1, 0.15) is 5.00 Å². The number of nitrogens with two attached hydrogens (primary N) is 2. The van der Waals surface area contributed by atoms with Crippen LogP contribution >= 0.6 is 22.9 Å². The molecule has 1 aliphatic rings. The molecule has 4 N–H and O–H groups in total. The van der Waals surface area contributed by atoms with Crippen molar-refractivity contribution in [3.8, 4) is 5.00 Å². The summed E-state index contributed by atoms with van der Waals surface area (Å²) in [5, 5.41) is 4.90. The van der Waals surface area contributed by atoms with Gasteiger partial charge < -0.3 is 16.2 Å². The largest absolute Gasteiger partial charge is 0.365 e. The minimum atomic E-state index is -0.733. The molecule has 0 saturated heterocycles. The molecule has 0 spiro atoms. The lowest BCUT2D eigenvalue weighted by Gasteiger charge is -2.41. The summed E-state index contributed by atoms with van der Waals surface area (Å²) in [7, 11) is 0. The van der Waals surface area contributed by atoms with Crippen molar-refractivity contribution in [3.63, 3.8) is 0 Å². The first-order valence-corrected chi connectivity index (χ1v) is 9.26. The summed E-state index contributed by atoms with van der Waals surface area (Å²) < 4.78 is 7.66. The summed E-state index contributed by atoms with van der Waals surface area (Å²) in [6, 6.07) is 0. The Bertz CT molecular complexity index is 942. The summed E-state index contributed by atoms with van der Waals surface area (Å²) >= 11 is 7.56. The summed E-state index contributed by atoms with van der Waals surface area (Å²) in [6.07, 6.45) is 0.539. The van der Waals surface area contributed by atoms with Crippen molar-refractivity contribution in [1.29, 1.82) is 0 Å². The number of primary amides is 2. The number of fused-ring (bicyclic) bond motifs is 1. The van der Waals surface area contributed by atoms with Crippen LogP contribution in [0.4, 0.5) is 0 Å². The molecule has 0 unspecified atom stereocenters. The lowest BCUT2D eigenvalue weighted by atomic mass is 9.86. The first kappa shape index (κ1) is 18.9. The van der Waals surface area contributed by atoms with Crippen molar-refractivity contribution in [1.82, 2.24) is 9.78 Å². The van der Waals surface area contributed by atoms with Crippen LogP contribution in [0.2, 0.25) is 5.02 Å². The summed E-state index contributed by atoms with van der Waals surface area (Å²) in [5.74, 6) is -1.29. The van der Waals surface area contributed by atoms with Gasteiger partial charge >= 0.3 is 0 Å². The van der Waals surface area contributed by atoms with Gasteiger partial charge in [0.15, 0.2) is 5.69 Å². The summed E-state index contributed by atoms with van der Waals surface area (Å²) in [5.41, 5.74) is 11.7. The van der Waals surface area contributed by atoms with E-state index in [4.69, 9.17) is 27.8 Å². The standard InChI is InChI=1S/C17H21ClN4O3S/c1-7-10(18)11(14(20)24)21-22(7)15-9(13(19)23)8-6-16(2,3)25-17(4,5)12(8)26-15/h6H2,1-5H3,(H2,19,23)(H2,20,24). The molecule has 9 heteroatoms. The second kappa shape index (κ2) is 5.80. The lowest BCUT2D eigenvalue weighted by Crippen LogP contribution is -2.42. The molecule has 26 heavy (non-hydrogen) atoms. The number of hydrogen-bond donors (Lipinski definition) is 2. The first-order chi connectivity index (χ1) is 11.9. The molecule has 0 saturated carbocycles. The zero-order valence-electron chi connectivity index (χ0n) is 15.3. The smallest absolute Gasteiger partial charge is 0.270 e. The molecular formula is C17H21ClN4O3S. The highest BCUT2D eigenvalue weighted by atomic mass is 35.5. The maximum absolute atomic E-state index is 12.3. The van der Waals surface area contributed by atoms with Gasteiger partial charge in [-0.25, -0.2) is 4.68 Å². The fourth-order valence-corrected chi connectivity index (χ4v) is 5.13. The summed E-state index contributed by atoms with van der Waals surface area (Å²) in [4.78, 5) is 24.8. The van der Waals surface area contributed by atoms with Gasteiger partial charge in [0.25, 0.3) is 11.8 Å². The monoisotopic (exact) mass is 396 g/mol. The maximum atomic E-state index is 12.3. The number of hydrogen-bond acceptors (Lipinski definition) is 5. The molecule has 0 aromatic carbocycles. The van der Waals surface area contributed by atoms with E-state index in [1.54, 1.807) is 6.92 Å². The fourth-order valence-electron chi connectivity index (χ4n) is 3.55. The average Bonchev–Trinajstić information content (AvgIpc) is 2.96. The number of rotatable bonds is 3. The van der Waals surface area contributed by atoms with Crippen LogP contribution < -0.4 is 11.5 Å². The van der Waals surface area contributed by atoms with Crippen molar-refractivity contribution in [2.24, 2.45) is 11.5 Å². The Kier molecular flexibility index (Phi) is 4.21. The Hall–Kier alpha value is -1.90. The van der Waals surface area contributed by atoms with Crippen molar-refractivity contribution in [3.05, 3.63) is 32.4 Å². The maximum Gasteiger partial charge on any atom is 0.270 e.